The number of benzene rings is 1. The Balaban J connectivity index is 2.00. The number of nitrogens with zero attached hydrogens (tertiary/aromatic N) is 1. The molecule has 1 aromatic rings. The van der Waals surface area contributed by atoms with Crippen LogP contribution in [-0.4, -0.2) is 31.3 Å². The van der Waals surface area contributed by atoms with Crippen LogP contribution in [0.3, 0.4) is 0 Å². The molecule has 1 aliphatic carbocycles. The number of nitrogens with one attached hydrogen (secondary N) is 1. The van der Waals surface area contributed by atoms with E-state index >= 15 is 0 Å². The molecule has 0 atom stereocenters. The lowest BCUT2D eigenvalue weighted by Gasteiger charge is -2.35. The number of hydrogen-bond donors (Lipinski definition) is 2. The van der Waals surface area contributed by atoms with E-state index in [2.05, 4.69) is 58.3 Å². The normalized spacial score (nSPS) is 21.6. The Bertz CT molecular complexity index is 432. The fourth-order valence-corrected chi connectivity index (χ4v) is 3.21. The highest BCUT2D eigenvalue weighted by Crippen LogP contribution is 2.31. The smallest absolute Gasteiger partial charge is 0.0546 e. The summed E-state index contributed by atoms with van der Waals surface area (Å²) in [4.78, 5) is 2.33. The third-order valence-corrected chi connectivity index (χ3v) is 4.43. The minimum absolute atomic E-state index is 0.0657. The predicted octanol–water partition coefficient (Wildman–Crippen LogP) is 3.16. The summed E-state index contributed by atoms with van der Waals surface area (Å²) in [5.41, 5.74) is 2.62. The predicted molar refractivity (Wildman–Crippen MR) is 88.1 cm³/mol. The zero-order valence-electron chi connectivity index (χ0n) is 12.4. The number of aliphatic hydroxyl groups is 1. The molecule has 0 spiro atoms. The van der Waals surface area contributed by atoms with Crippen molar-refractivity contribution in [2.24, 2.45) is 5.92 Å². The molecule has 0 amide bonds. The highest BCUT2D eigenvalue weighted by atomic mass is 79.9. The molecule has 0 aromatic heterocycles. The van der Waals surface area contributed by atoms with Crippen molar-refractivity contribution in [1.82, 2.24) is 5.32 Å². The van der Waals surface area contributed by atoms with Crippen molar-refractivity contribution in [3.05, 3.63) is 28.2 Å². The maximum atomic E-state index is 9.40. The van der Waals surface area contributed by atoms with E-state index in [0.29, 0.717) is 5.92 Å². The van der Waals surface area contributed by atoms with Crippen molar-refractivity contribution < 1.29 is 5.11 Å². The van der Waals surface area contributed by atoms with Gasteiger partial charge in [0.2, 0.25) is 0 Å². The van der Waals surface area contributed by atoms with Gasteiger partial charge < -0.3 is 15.3 Å². The molecule has 4 heteroatoms. The van der Waals surface area contributed by atoms with Crippen LogP contribution in [0.2, 0.25) is 0 Å². The fraction of sp³-hybridized carbons (Fsp3) is 0.625. The van der Waals surface area contributed by atoms with Crippen LogP contribution in [0.15, 0.2) is 22.7 Å². The molecular formula is C16H25BrN2O. The second-order valence-electron chi connectivity index (χ2n) is 5.82. The van der Waals surface area contributed by atoms with E-state index in [-0.39, 0.29) is 6.10 Å². The molecule has 1 saturated carbocycles. The molecule has 0 aliphatic heterocycles. The van der Waals surface area contributed by atoms with Gasteiger partial charge in [0, 0.05) is 30.3 Å². The Labute approximate surface area is 130 Å². The SMILES string of the molecule is CCCNCc1cc(Br)ccc1N(C)CC1CC(O)C1. The van der Waals surface area contributed by atoms with Gasteiger partial charge in [0.25, 0.3) is 0 Å². The van der Waals surface area contributed by atoms with E-state index in [0.717, 1.165) is 43.4 Å². The molecule has 2 N–H and O–H groups in total. The molecule has 0 unspecified atom stereocenters. The average Bonchev–Trinajstić information content (AvgIpc) is 2.37. The zero-order valence-corrected chi connectivity index (χ0v) is 14.0. The van der Waals surface area contributed by atoms with Crippen LogP contribution in [-0.2, 0) is 6.54 Å². The van der Waals surface area contributed by atoms with Crippen molar-refractivity contribution in [3.8, 4) is 0 Å². The van der Waals surface area contributed by atoms with Gasteiger partial charge in [-0.25, -0.2) is 0 Å². The highest BCUT2D eigenvalue weighted by molar-refractivity contribution is 9.10. The van der Waals surface area contributed by atoms with Crippen molar-refractivity contribution in [3.63, 3.8) is 0 Å². The number of hydrogen-bond acceptors (Lipinski definition) is 3. The molecule has 112 valence electrons. The maximum absolute atomic E-state index is 9.40. The third-order valence-electron chi connectivity index (χ3n) is 3.94. The van der Waals surface area contributed by atoms with Gasteiger partial charge in [0.15, 0.2) is 0 Å². The Morgan fingerprint density at radius 1 is 1.40 bits per heavy atom. The largest absolute Gasteiger partial charge is 0.393 e. The summed E-state index contributed by atoms with van der Waals surface area (Å²) in [6.07, 6.45) is 2.98. The summed E-state index contributed by atoms with van der Waals surface area (Å²) in [5, 5.41) is 12.9. The first-order chi connectivity index (χ1) is 9.60. The summed E-state index contributed by atoms with van der Waals surface area (Å²) in [6, 6.07) is 6.48. The van der Waals surface area contributed by atoms with Crippen LogP contribution in [0.25, 0.3) is 0 Å². The van der Waals surface area contributed by atoms with Gasteiger partial charge in [0.05, 0.1) is 6.10 Å². The number of rotatable bonds is 7. The van der Waals surface area contributed by atoms with E-state index < -0.39 is 0 Å². The summed E-state index contributed by atoms with van der Waals surface area (Å²) in [7, 11) is 2.15. The van der Waals surface area contributed by atoms with Crippen molar-refractivity contribution >= 4 is 21.6 Å². The van der Waals surface area contributed by atoms with E-state index in [9.17, 15) is 5.11 Å². The van der Waals surface area contributed by atoms with Gasteiger partial charge >= 0.3 is 0 Å². The first-order valence-corrected chi connectivity index (χ1v) is 8.27. The van der Waals surface area contributed by atoms with Gasteiger partial charge in [-0.1, -0.05) is 22.9 Å². The number of anilines is 1. The summed E-state index contributed by atoms with van der Waals surface area (Å²) < 4.78 is 1.13. The Kier molecular flexibility index (Phi) is 5.87. The molecule has 0 bridgehead atoms. The van der Waals surface area contributed by atoms with Gasteiger partial charge in [0.1, 0.15) is 0 Å². The van der Waals surface area contributed by atoms with Crippen molar-refractivity contribution in [2.45, 2.75) is 38.8 Å². The fourth-order valence-electron chi connectivity index (χ4n) is 2.80. The minimum Gasteiger partial charge on any atom is -0.393 e. The van der Waals surface area contributed by atoms with Crippen LogP contribution in [0.4, 0.5) is 5.69 Å². The number of halogens is 1. The molecule has 1 aliphatic rings. The summed E-state index contributed by atoms with van der Waals surface area (Å²) >= 11 is 3.56. The van der Waals surface area contributed by atoms with Gasteiger partial charge in [-0.15, -0.1) is 0 Å². The standard InChI is InChI=1S/C16H25BrN2O/c1-3-6-18-10-13-9-14(17)4-5-16(13)19(2)11-12-7-15(20)8-12/h4-5,9,12,15,18,20H,3,6-8,10-11H2,1-2H3. The topological polar surface area (TPSA) is 35.5 Å². The molecule has 0 heterocycles. The lowest BCUT2D eigenvalue weighted by molar-refractivity contribution is 0.0464. The van der Waals surface area contributed by atoms with E-state index in [4.69, 9.17) is 0 Å². The Morgan fingerprint density at radius 2 is 2.15 bits per heavy atom. The van der Waals surface area contributed by atoms with Crippen molar-refractivity contribution in [1.29, 1.82) is 0 Å². The second kappa shape index (κ2) is 7.43. The molecule has 1 aromatic carbocycles. The third kappa shape index (κ3) is 4.21. The molecule has 2 rings (SSSR count). The van der Waals surface area contributed by atoms with Crippen LogP contribution < -0.4 is 10.2 Å². The van der Waals surface area contributed by atoms with Crippen LogP contribution in [0.1, 0.15) is 31.7 Å². The average molecular weight is 341 g/mol. The summed E-state index contributed by atoms with van der Waals surface area (Å²) in [5.74, 6) is 0.634. The molecular weight excluding hydrogens is 316 g/mol. The van der Waals surface area contributed by atoms with Crippen LogP contribution >= 0.6 is 15.9 Å². The molecule has 0 radical (unpaired) electrons. The van der Waals surface area contributed by atoms with Gasteiger partial charge in [-0.3, -0.25) is 0 Å². The lowest BCUT2D eigenvalue weighted by atomic mass is 9.82. The van der Waals surface area contributed by atoms with Crippen LogP contribution in [0, 0.1) is 5.92 Å². The van der Waals surface area contributed by atoms with Crippen LogP contribution in [0.5, 0.6) is 0 Å². The van der Waals surface area contributed by atoms with E-state index in [1.807, 2.05) is 0 Å². The highest BCUT2D eigenvalue weighted by Gasteiger charge is 2.28. The molecule has 1 fully saturated rings. The number of aliphatic hydroxyl groups excluding tert-OH is 1. The Hall–Kier alpha value is -0.580. The first kappa shape index (κ1) is 15.8. The van der Waals surface area contributed by atoms with E-state index in [1.165, 1.54) is 11.3 Å². The minimum atomic E-state index is -0.0657. The van der Waals surface area contributed by atoms with Gasteiger partial charge in [-0.05, 0) is 55.5 Å². The first-order valence-electron chi connectivity index (χ1n) is 7.48. The molecule has 0 saturated heterocycles. The molecule has 3 nitrogen and oxygen atoms in total. The lowest BCUT2D eigenvalue weighted by Crippen LogP contribution is -2.37. The Morgan fingerprint density at radius 3 is 2.80 bits per heavy atom. The quantitative estimate of drug-likeness (QED) is 0.748. The van der Waals surface area contributed by atoms with Crippen molar-refractivity contribution in [2.75, 3.05) is 25.0 Å². The van der Waals surface area contributed by atoms with Gasteiger partial charge in [-0.2, -0.15) is 0 Å². The summed E-state index contributed by atoms with van der Waals surface area (Å²) in [6.45, 7) is 5.16. The van der Waals surface area contributed by atoms with E-state index in [1.54, 1.807) is 0 Å². The monoisotopic (exact) mass is 340 g/mol. The molecule has 20 heavy (non-hydrogen) atoms. The maximum Gasteiger partial charge on any atom is 0.0546 e. The zero-order chi connectivity index (χ0) is 14.5. The second-order valence-corrected chi connectivity index (χ2v) is 6.74.